The summed E-state index contributed by atoms with van der Waals surface area (Å²) in [6.45, 7) is 5.74. The molecule has 1 atom stereocenters. The Hall–Kier alpha value is -3.55. The normalized spacial score (nSPS) is 12.3. The summed E-state index contributed by atoms with van der Waals surface area (Å²) < 4.78 is 6.86. The Bertz CT molecular complexity index is 1120. The number of amides is 1. The van der Waals surface area contributed by atoms with Crippen LogP contribution >= 0.6 is 0 Å². The zero-order valence-corrected chi connectivity index (χ0v) is 15.2. The van der Waals surface area contributed by atoms with Crippen molar-refractivity contribution in [1.82, 2.24) is 30.1 Å². The molecular weight excluding hydrogens is 344 g/mol. The molecule has 27 heavy (non-hydrogen) atoms. The Balaban J connectivity index is 1.60. The Kier molecular flexibility index (Phi) is 4.15. The Morgan fingerprint density at radius 2 is 1.96 bits per heavy atom. The predicted molar refractivity (Wildman–Crippen MR) is 98.1 cm³/mol. The molecule has 0 spiro atoms. The van der Waals surface area contributed by atoms with Gasteiger partial charge in [-0.3, -0.25) is 4.79 Å². The molecule has 8 heteroatoms. The van der Waals surface area contributed by atoms with E-state index in [9.17, 15) is 4.79 Å². The van der Waals surface area contributed by atoms with Gasteiger partial charge < -0.3 is 9.84 Å². The lowest BCUT2D eigenvalue weighted by molar-refractivity contribution is 0.0895. The van der Waals surface area contributed by atoms with Crippen LogP contribution in [0, 0.1) is 13.8 Å². The lowest BCUT2D eigenvalue weighted by atomic mass is 10.1. The van der Waals surface area contributed by atoms with E-state index in [1.54, 1.807) is 10.7 Å². The lowest BCUT2D eigenvalue weighted by Crippen LogP contribution is -2.26. The third-order valence-corrected chi connectivity index (χ3v) is 4.29. The highest BCUT2D eigenvalue weighted by Gasteiger charge is 2.21. The maximum atomic E-state index is 12.4. The van der Waals surface area contributed by atoms with Gasteiger partial charge in [-0.15, -0.1) is 0 Å². The average molecular weight is 362 g/mol. The first kappa shape index (κ1) is 16.9. The van der Waals surface area contributed by atoms with Gasteiger partial charge in [-0.05, 0) is 32.4 Å². The highest BCUT2D eigenvalue weighted by Crippen LogP contribution is 2.22. The van der Waals surface area contributed by atoms with E-state index >= 15 is 0 Å². The molecule has 0 saturated heterocycles. The van der Waals surface area contributed by atoms with Gasteiger partial charge in [-0.25, -0.2) is 9.50 Å². The average Bonchev–Trinajstić information content (AvgIpc) is 3.29. The molecular formula is C19H18N6O2. The number of nitrogens with zero attached hydrogens (tertiary/aromatic N) is 5. The zero-order chi connectivity index (χ0) is 19.0. The number of nitrogens with one attached hydrogen (secondary N) is 1. The van der Waals surface area contributed by atoms with Crippen molar-refractivity contribution in [3.8, 4) is 11.4 Å². The van der Waals surface area contributed by atoms with Crippen molar-refractivity contribution < 1.29 is 9.32 Å². The summed E-state index contributed by atoms with van der Waals surface area (Å²) in [6.07, 6.45) is 1.62. The molecule has 136 valence electrons. The van der Waals surface area contributed by atoms with Crippen LogP contribution in [0.4, 0.5) is 0 Å². The number of aromatic nitrogens is 5. The third kappa shape index (κ3) is 3.17. The second-order valence-electron chi connectivity index (χ2n) is 6.36. The van der Waals surface area contributed by atoms with Crippen molar-refractivity contribution in [2.75, 3.05) is 0 Å². The number of hydrogen-bond donors (Lipinski definition) is 1. The van der Waals surface area contributed by atoms with E-state index in [-0.39, 0.29) is 17.8 Å². The van der Waals surface area contributed by atoms with Crippen molar-refractivity contribution >= 4 is 11.6 Å². The lowest BCUT2D eigenvalue weighted by Gasteiger charge is -2.12. The molecule has 1 unspecified atom stereocenters. The van der Waals surface area contributed by atoms with Gasteiger partial charge in [-0.1, -0.05) is 35.5 Å². The minimum atomic E-state index is -0.429. The molecule has 4 aromatic rings. The summed E-state index contributed by atoms with van der Waals surface area (Å²) in [5.41, 5.74) is 4.03. The van der Waals surface area contributed by atoms with Crippen molar-refractivity contribution in [2.45, 2.75) is 26.8 Å². The quantitative estimate of drug-likeness (QED) is 0.599. The number of rotatable bonds is 4. The molecule has 0 bridgehead atoms. The number of fused-ring (bicyclic) bond motifs is 1. The maximum Gasteiger partial charge on any atom is 0.316 e. The number of carbonyl (C=O) groups excluding carboxylic acids is 1. The fraction of sp³-hybridized carbons (Fsp3) is 0.211. The summed E-state index contributed by atoms with van der Waals surface area (Å²) in [7, 11) is 0. The molecule has 4 rings (SSSR count). The topological polar surface area (TPSA) is 98.2 Å². The molecule has 0 radical (unpaired) electrons. The first-order valence-electron chi connectivity index (χ1n) is 8.55. The monoisotopic (exact) mass is 362 g/mol. The van der Waals surface area contributed by atoms with Crippen LogP contribution in [0.15, 0.2) is 47.1 Å². The van der Waals surface area contributed by atoms with Gasteiger partial charge in [0, 0.05) is 11.4 Å². The van der Waals surface area contributed by atoms with Gasteiger partial charge in [0.1, 0.15) is 0 Å². The third-order valence-electron chi connectivity index (χ3n) is 4.29. The predicted octanol–water partition coefficient (Wildman–Crippen LogP) is 2.89. The molecule has 0 aliphatic rings. The van der Waals surface area contributed by atoms with Crippen molar-refractivity contribution in [3.63, 3.8) is 0 Å². The maximum absolute atomic E-state index is 12.4. The molecule has 0 aliphatic heterocycles. The van der Waals surface area contributed by atoms with Crippen LogP contribution in [-0.4, -0.2) is 30.6 Å². The molecule has 0 aliphatic carbocycles. The van der Waals surface area contributed by atoms with E-state index in [2.05, 4.69) is 25.5 Å². The van der Waals surface area contributed by atoms with Crippen molar-refractivity contribution in [2.24, 2.45) is 0 Å². The molecule has 1 N–H and O–H groups in total. The molecule has 1 aromatic carbocycles. The van der Waals surface area contributed by atoms with Crippen LogP contribution in [0.1, 0.15) is 40.6 Å². The first-order valence-corrected chi connectivity index (χ1v) is 8.55. The van der Waals surface area contributed by atoms with E-state index in [0.29, 0.717) is 11.2 Å². The van der Waals surface area contributed by atoms with Gasteiger partial charge in [-0.2, -0.15) is 10.1 Å². The fourth-order valence-electron chi connectivity index (χ4n) is 2.94. The first-order chi connectivity index (χ1) is 13.0. The smallest absolute Gasteiger partial charge is 0.316 e. The SMILES string of the molecule is Cc1cc(C)n2ncc(-c3noc(C(=O)NC(C)c4ccccc4)n3)c2n1. The summed E-state index contributed by atoms with van der Waals surface area (Å²) in [4.78, 5) is 21.2. The Labute approximate surface area is 155 Å². The molecule has 3 aromatic heterocycles. The highest BCUT2D eigenvalue weighted by atomic mass is 16.5. The fourth-order valence-corrected chi connectivity index (χ4v) is 2.94. The Morgan fingerprint density at radius 3 is 2.74 bits per heavy atom. The van der Waals surface area contributed by atoms with Crippen LogP contribution in [0.3, 0.4) is 0 Å². The second-order valence-corrected chi connectivity index (χ2v) is 6.36. The molecule has 0 fully saturated rings. The standard InChI is InChI=1S/C19H18N6O2/c1-11-9-12(2)25-17(21-11)15(10-20-25)16-23-19(27-24-16)18(26)22-13(3)14-7-5-4-6-8-14/h4-10,13H,1-3H3,(H,22,26). The van der Waals surface area contributed by atoms with Gasteiger partial charge >= 0.3 is 11.8 Å². The van der Waals surface area contributed by atoms with Crippen LogP contribution in [0.5, 0.6) is 0 Å². The largest absolute Gasteiger partial charge is 0.341 e. The highest BCUT2D eigenvalue weighted by molar-refractivity contribution is 5.90. The van der Waals surface area contributed by atoms with Gasteiger partial charge in [0.05, 0.1) is 17.8 Å². The summed E-state index contributed by atoms with van der Waals surface area (Å²) in [5.74, 6) is -0.251. The van der Waals surface area contributed by atoms with Crippen molar-refractivity contribution in [3.05, 3.63) is 65.4 Å². The van der Waals surface area contributed by atoms with Crippen LogP contribution in [0.2, 0.25) is 0 Å². The number of benzene rings is 1. The summed E-state index contributed by atoms with van der Waals surface area (Å²) in [5, 5.41) is 11.1. The second kappa shape index (κ2) is 6.64. The molecule has 1 amide bonds. The minimum Gasteiger partial charge on any atom is -0.341 e. The number of aryl methyl sites for hydroxylation is 2. The van der Waals surface area contributed by atoms with E-state index in [0.717, 1.165) is 17.0 Å². The summed E-state index contributed by atoms with van der Waals surface area (Å²) in [6, 6.07) is 11.4. The number of hydrogen-bond acceptors (Lipinski definition) is 6. The van der Waals surface area contributed by atoms with E-state index in [1.165, 1.54) is 0 Å². The minimum absolute atomic E-state index is 0.100. The van der Waals surface area contributed by atoms with E-state index in [4.69, 9.17) is 4.52 Å². The molecule has 0 saturated carbocycles. The summed E-state index contributed by atoms with van der Waals surface area (Å²) >= 11 is 0. The van der Waals surface area contributed by atoms with Crippen LogP contribution in [-0.2, 0) is 0 Å². The van der Waals surface area contributed by atoms with Gasteiger partial charge in [0.2, 0.25) is 5.82 Å². The van der Waals surface area contributed by atoms with Crippen molar-refractivity contribution in [1.29, 1.82) is 0 Å². The van der Waals surface area contributed by atoms with Gasteiger partial charge in [0.15, 0.2) is 5.65 Å². The van der Waals surface area contributed by atoms with Gasteiger partial charge in [0.25, 0.3) is 0 Å². The van der Waals surface area contributed by atoms with E-state index in [1.807, 2.05) is 57.2 Å². The Morgan fingerprint density at radius 1 is 1.19 bits per heavy atom. The molecule has 8 nitrogen and oxygen atoms in total. The number of carbonyl (C=O) groups is 1. The molecule has 3 heterocycles. The van der Waals surface area contributed by atoms with Crippen LogP contribution < -0.4 is 5.32 Å². The zero-order valence-electron chi connectivity index (χ0n) is 15.2. The van der Waals surface area contributed by atoms with E-state index < -0.39 is 5.91 Å². The van der Waals surface area contributed by atoms with Crippen LogP contribution in [0.25, 0.3) is 17.0 Å².